The van der Waals surface area contributed by atoms with Crippen molar-refractivity contribution >= 4 is 6.41 Å². The number of hydrogen-bond donors (Lipinski definition) is 2. The molecule has 0 aromatic heterocycles. The average molecular weight is 166 g/mol. The van der Waals surface area contributed by atoms with E-state index in [0.717, 1.165) is 6.54 Å². The zero-order chi connectivity index (χ0) is 9.23. The Morgan fingerprint density at radius 1 is 1.42 bits per heavy atom. The van der Waals surface area contributed by atoms with Crippen molar-refractivity contribution in [3.8, 4) is 0 Å². The van der Waals surface area contributed by atoms with Gasteiger partial charge in [0.1, 0.15) is 0 Å². The van der Waals surface area contributed by atoms with Gasteiger partial charge in [-0.2, -0.15) is 0 Å². The molecule has 0 aliphatic carbocycles. The van der Waals surface area contributed by atoms with Crippen molar-refractivity contribution in [2.24, 2.45) is 5.73 Å². The molecule has 0 saturated carbocycles. The third-order valence-electron chi connectivity index (χ3n) is 1.22. The van der Waals surface area contributed by atoms with Crippen molar-refractivity contribution in [1.82, 2.24) is 5.32 Å². The number of primary amides is 1. The van der Waals surface area contributed by atoms with Crippen LogP contribution in [0.5, 0.6) is 0 Å². The summed E-state index contributed by atoms with van der Waals surface area (Å²) in [5.74, 6) is 0. The number of nitrogens with two attached hydrogens (primary N) is 1. The van der Waals surface area contributed by atoms with Crippen molar-refractivity contribution in [2.45, 2.75) is 6.54 Å². The quantitative estimate of drug-likeness (QED) is 0.629. The maximum atomic E-state index is 8.58. The Bertz CT molecular complexity index is 199. The van der Waals surface area contributed by atoms with E-state index in [1.807, 2.05) is 25.2 Å². The van der Waals surface area contributed by atoms with Gasteiger partial charge in [-0.1, -0.05) is 30.3 Å². The molecule has 1 rings (SSSR count). The van der Waals surface area contributed by atoms with E-state index in [-0.39, 0.29) is 6.41 Å². The predicted molar refractivity (Wildman–Crippen MR) is 49.5 cm³/mol. The van der Waals surface area contributed by atoms with Crippen LogP contribution in [0, 0.1) is 0 Å². The van der Waals surface area contributed by atoms with E-state index in [9.17, 15) is 0 Å². The molecule has 3 N–H and O–H groups in total. The standard InChI is InChI=1S/C8H11N.CH3NO/c1-9-7-8-5-3-2-4-6-8;2-1-3/h2-6,9H,7H2,1H3;1H,(H2,2,3). The van der Waals surface area contributed by atoms with E-state index in [1.54, 1.807) is 0 Å². The van der Waals surface area contributed by atoms with Crippen LogP contribution in [0.25, 0.3) is 0 Å². The minimum Gasteiger partial charge on any atom is -0.372 e. The molecular weight excluding hydrogens is 152 g/mol. The highest BCUT2D eigenvalue weighted by Gasteiger charge is 1.83. The molecule has 0 atom stereocenters. The lowest BCUT2D eigenvalue weighted by Gasteiger charge is -1.95. The Morgan fingerprint density at radius 2 is 1.92 bits per heavy atom. The van der Waals surface area contributed by atoms with Gasteiger partial charge < -0.3 is 11.1 Å². The second-order valence-electron chi connectivity index (χ2n) is 2.15. The number of rotatable bonds is 2. The van der Waals surface area contributed by atoms with Crippen molar-refractivity contribution in [3.63, 3.8) is 0 Å². The van der Waals surface area contributed by atoms with Gasteiger partial charge in [0.15, 0.2) is 0 Å². The van der Waals surface area contributed by atoms with Gasteiger partial charge in [-0.15, -0.1) is 0 Å². The normalized spacial score (nSPS) is 8.08. The monoisotopic (exact) mass is 166 g/mol. The van der Waals surface area contributed by atoms with Crippen LogP contribution in [0.3, 0.4) is 0 Å². The Hall–Kier alpha value is -1.35. The SMILES string of the molecule is CNCc1ccccc1.NC=O. The number of hydrogen-bond acceptors (Lipinski definition) is 2. The zero-order valence-corrected chi connectivity index (χ0v) is 7.16. The number of benzene rings is 1. The van der Waals surface area contributed by atoms with E-state index in [4.69, 9.17) is 4.79 Å². The summed E-state index contributed by atoms with van der Waals surface area (Å²) in [5, 5.41) is 3.08. The lowest BCUT2D eigenvalue weighted by atomic mass is 10.2. The average Bonchev–Trinajstić information content (AvgIpc) is 2.08. The van der Waals surface area contributed by atoms with Crippen LogP contribution in [-0.4, -0.2) is 13.5 Å². The van der Waals surface area contributed by atoms with Gasteiger partial charge in [0.25, 0.3) is 0 Å². The topological polar surface area (TPSA) is 55.1 Å². The van der Waals surface area contributed by atoms with Gasteiger partial charge >= 0.3 is 0 Å². The van der Waals surface area contributed by atoms with Crippen molar-refractivity contribution in [2.75, 3.05) is 7.05 Å². The summed E-state index contributed by atoms with van der Waals surface area (Å²) >= 11 is 0. The first-order valence-electron chi connectivity index (χ1n) is 3.69. The summed E-state index contributed by atoms with van der Waals surface area (Å²) in [5.41, 5.74) is 5.50. The summed E-state index contributed by atoms with van der Waals surface area (Å²) < 4.78 is 0. The fourth-order valence-corrected chi connectivity index (χ4v) is 0.800. The number of nitrogens with one attached hydrogen (secondary N) is 1. The highest BCUT2D eigenvalue weighted by molar-refractivity contribution is 5.42. The summed E-state index contributed by atoms with van der Waals surface area (Å²) in [6, 6.07) is 10.3. The van der Waals surface area contributed by atoms with Gasteiger partial charge in [0, 0.05) is 6.54 Å². The number of carbonyl (C=O) groups is 1. The third kappa shape index (κ3) is 5.44. The molecule has 0 aliphatic rings. The predicted octanol–water partition coefficient (Wildman–Crippen LogP) is 0.507. The van der Waals surface area contributed by atoms with E-state index in [1.165, 1.54) is 5.56 Å². The molecule has 0 bridgehead atoms. The molecule has 0 spiro atoms. The van der Waals surface area contributed by atoms with Crippen molar-refractivity contribution in [3.05, 3.63) is 35.9 Å². The maximum absolute atomic E-state index is 8.58. The van der Waals surface area contributed by atoms with Gasteiger partial charge in [-0.25, -0.2) is 0 Å². The van der Waals surface area contributed by atoms with Gasteiger partial charge in [0.05, 0.1) is 0 Å². The molecular formula is C9H14N2O. The van der Waals surface area contributed by atoms with Crippen LogP contribution in [0.1, 0.15) is 5.56 Å². The van der Waals surface area contributed by atoms with Crippen LogP contribution < -0.4 is 11.1 Å². The second-order valence-corrected chi connectivity index (χ2v) is 2.15. The van der Waals surface area contributed by atoms with Crippen LogP contribution in [-0.2, 0) is 11.3 Å². The minimum absolute atomic E-state index is 0.250. The Morgan fingerprint density at radius 3 is 2.33 bits per heavy atom. The van der Waals surface area contributed by atoms with Crippen LogP contribution in [0.2, 0.25) is 0 Å². The smallest absolute Gasteiger partial charge is 0.204 e. The Kier molecular flexibility index (Phi) is 6.88. The van der Waals surface area contributed by atoms with E-state index >= 15 is 0 Å². The van der Waals surface area contributed by atoms with Crippen LogP contribution in [0.4, 0.5) is 0 Å². The molecule has 0 heterocycles. The molecule has 66 valence electrons. The number of carbonyl (C=O) groups excluding carboxylic acids is 1. The third-order valence-corrected chi connectivity index (χ3v) is 1.22. The summed E-state index contributed by atoms with van der Waals surface area (Å²) in [6.45, 7) is 0.959. The first-order valence-corrected chi connectivity index (χ1v) is 3.69. The second kappa shape index (κ2) is 7.75. The molecule has 1 aromatic rings. The molecule has 0 unspecified atom stereocenters. The molecule has 3 nitrogen and oxygen atoms in total. The van der Waals surface area contributed by atoms with E-state index in [0.29, 0.717) is 0 Å². The van der Waals surface area contributed by atoms with Gasteiger partial charge in [-0.3, -0.25) is 4.79 Å². The van der Waals surface area contributed by atoms with Crippen molar-refractivity contribution < 1.29 is 4.79 Å². The molecule has 1 aromatic carbocycles. The molecule has 0 aliphatic heterocycles. The van der Waals surface area contributed by atoms with Crippen LogP contribution >= 0.6 is 0 Å². The first kappa shape index (κ1) is 10.7. The fourth-order valence-electron chi connectivity index (χ4n) is 0.800. The molecule has 0 saturated heterocycles. The lowest BCUT2D eigenvalue weighted by molar-refractivity contribution is -0.106. The van der Waals surface area contributed by atoms with E-state index in [2.05, 4.69) is 23.2 Å². The van der Waals surface area contributed by atoms with E-state index < -0.39 is 0 Å². The molecule has 1 amide bonds. The van der Waals surface area contributed by atoms with Crippen molar-refractivity contribution in [1.29, 1.82) is 0 Å². The fraction of sp³-hybridized carbons (Fsp3) is 0.222. The summed E-state index contributed by atoms with van der Waals surface area (Å²) in [6.07, 6.45) is 0.250. The Balaban J connectivity index is 0.000000354. The summed E-state index contributed by atoms with van der Waals surface area (Å²) in [4.78, 5) is 8.58. The molecule has 3 heteroatoms. The molecule has 12 heavy (non-hydrogen) atoms. The van der Waals surface area contributed by atoms with Gasteiger partial charge in [-0.05, 0) is 12.6 Å². The number of amides is 1. The highest BCUT2D eigenvalue weighted by Crippen LogP contribution is 1.95. The largest absolute Gasteiger partial charge is 0.372 e. The lowest BCUT2D eigenvalue weighted by Crippen LogP contribution is -2.04. The maximum Gasteiger partial charge on any atom is 0.204 e. The molecule has 0 fully saturated rings. The zero-order valence-electron chi connectivity index (χ0n) is 7.16. The minimum atomic E-state index is 0.250. The van der Waals surface area contributed by atoms with Gasteiger partial charge in [0.2, 0.25) is 6.41 Å². The highest BCUT2D eigenvalue weighted by atomic mass is 16.1. The van der Waals surface area contributed by atoms with Crippen LogP contribution in [0.15, 0.2) is 30.3 Å². The first-order chi connectivity index (χ1) is 5.85. The summed E-state index contributed by atoms with van der Waals surface area (Å²) in [7, 11) is 1.95. The Labute approximate surface area is 72.6 Å². The molecule has 0 radical (unpaired) electrons.